The van der Waals surface area contributed by atoms with Gasteiger partial charge < -0.3 is 5.32 Å². The standard InChI is InChI=1S/C16H19F3N4O/c1-4-12(5-2)22-15(24)13-9-21-23(10(13)3)14-7-6-11(8-20-14)16(17,18)19/h6-9,12H,4-5H2,1-3H3,(H,22,24). The molecule has 24 heavy (non-hydrogen) atoms. The summed E-state index contributed by atoms with van der Waals surface area (Å²) in [4.78, 5) is 16.1. The molecule has 5 nitrogen and oxygen atoms in total. The Bertz CT molecular complexity index is 703. The first-order chi connectivity index (χ1) is 11.3. The number of halogens is 3. The monoisotopic (exact) mass is 340 g/mol. The number of hydrogen-bond donors (Lipinski definition) is 1. The van der Waals surface area contributed by atoms with Crippen LogP contribution in [0, 0.1) is 6.92 Å². The number of rotatable bonds is 5. The fraction of sp³-hybridized carbons (Fsp3) is 0.438. The summed E-state index contributed by atoms with van der Waals surface area (Å²) in [6.07, 6.45) is -0.663. The van der Waals surface area contributed by atoms with E-state index in [0.717, 1.165) is 25.1 Å². The second-order valence-corrected chi connectivity index (χ2v) is 5.45. The number of alkyl halides is 3. The van der Waals surface area contributed by atoms with Crippen LogP contribution in [0.25, 0.3) is 5.82 Å². The zero-order valence-corrected chi connectivity index (χ0v) is 13.7. The first-order valence-electron chi connectivity index (χ1n) is 7.67. The number of nitrogens with zero attached hydrogens (tertiary/aromatic N) is 3. The van der Waals surface area contributed by atoms with E-state index in [1.807, 2.05) is 13.8 Å². The van der Waals surface area contributed by atoms with Crippen molar-refractivity contribution in [2.75, 3.05) is 0 Å². The summed E-state index contributed by atoms with van der Waals surface area (Å²) in [5, 5.41) is 6.98. The molecular weight excluding hydrogens is 321 g/mol. The van der Waals surface area contributed by atoms with Gasteiger partial charge in [0.1, 0.15) is 0 Å². The first kappa shape index (κ1) is 18.0. The van der Waals surface area contributed by atoms with E-state index in [1.54, 1.807) is 6.92 Å². The van der Waals surface area contributed by atoms with Crippen LogP contribution in [-0.2, 0) is 6.18 Å². The highest BCUT2D eigenvalue weighted by atomic mass is 19.4. The van der Waals surface area contributed by atoms with E-state index in [0.29, 0.717) is 11.3 Å². The molecule has 0 aliphatic rings. The Kier molecular flexibility index (Phi) is 5.26. The summed E-state index contributed by atoms with van der Waals surface area (Å²) in [6.45, 7) is 5.64. The molecule has 1 amide bonds. The van der Waals surface area contributed by atoms with Crippen LogP contribution in [0.15, 0.2) is 24.5 Å². The van der Waals surface area contributed by atoms with Gasteiger partial charge in [-0.15, -0.1) is 0 Å². The largest absolute Gasteiger partial charge is 0.417 e. The Hall–Kier alpha value is -2.38. The molecule has 130 valence electrons. The van der Waals surface area contributed by atoms with Crippen molar-refractivity contribution in [1.29, 1.82) is 0 Å². The average Bonchev–Trinajstić information content (AvgIpc) is 2.93. The van der Waals surface area contributed by atoms with Gasteiger partial charge >= 0.3 is 6.18 Å². The summed E-state index contributed by atoms with van der Waals surface area (Å²) < 4.78 is 39.1. The van der Waals surface area contributed by atoms with Crippen molar-refractivity contribution in [3.05, 3.63) is 41.3 Å². The second kappa shape index (κ2) is 7.02. The molecule has 0 aromatic carbocycles. The minimum absolute atomic E-state index is 0.0736. The molecule has 0 unspecified atom stereocenters. The number of nitrogens with one attached hydrogen (secondary N) is 1. The fourth-order valence-corrected chi connectivity index (χ4v) is 2.30. The topological polar surface area (TPSA) is 59.8 Å². The number of carbonyl (C=O) groups is 1. The predicted octanol–water partition coefficient (Wildman–Crippen LogP) is 3.51. The van der Waals surface area contributed by atoms with Gasteiger partial charge in [0.25, 0.3) is 5.91 Å². The Labute approximate surface area is 137 Å². The molecule has 0 aliphatic carbocycles. The minimum Gasteiger partial charge on any atom is -0.349 e. The van der Waals surface area contributed by atoms with Crippen molar-refractivity contribution < 1.29 is 18.0 Å². The molecule has 0 atom stereocenters. The molecule has 2 rings (SSSR count). The molecule has 0 aliphatic heterocycles. The number of hydrogen-bond acceptors (Lipinski definition) is 3. The van der Waals surface area contributed by atoms with E-state index in [2.05, 4.69) is 15.4 Å². The van der Waals surface area contributed by atoms with E-state index in [1.165, 1.54) is 16.9 Å². The predicted molar refractivity (Wildman–Crippen MR) is 82.9 cm³/mol. The third kappa shape index (κ3) is 3.74. The lowest BCUT2D eigenvalue weighted by atomic mass is 10.1. The number of amides is 1. The molecule has 2 heterocycles. The normalized spacial score (nSPS) is 11.8. The summed E-state index contributed by atoms with van der Waals surface area (Å²) in [6, 6.07) is 2.24. The lowest BCUT2D eigenvalue weighted by Gasteiger charge is -2.14. The lowest BCUT2D eigenvalue weighted by Crippen LogP contribution is -2.34. The molecule has 0 fully saturated rings. The highest BCUT2D eigenvalue weighted by molar-refractivity contribution is 5.95. The lowest BCUT2D eigenvalue weighted by molar-refractivity contribution is -0.137. The SMILES string of the molecule is CCC(CC)NC(=O)c1cnn(-c2ccc(C(F)(F)F)cn2)c1C. The van der Waals surface area contributed by atoms with Gasteiger partial charge in [0, 0.05) is 12.2 Å². The summed E-state index contributed by atoms with van der Waals surface area (Å²) in [7, 11) is 0. The summed E-state index contributed by atoms with van der Waals surface area (Å²) >= 11 is 0. The maximum atomic E-state index is 12.6. The van der Waals surface area contributed by atoms with Crippen LogP contribution in [0.2, 0.25) is 0 Å². The first-order valence-corrected chi connectivity index (χ1v) is 7.67. The molecule has 0 saturated heterocycles. The van der Waals surface area contributed by atoms with Gasteiger partial charge in [-0.1, -0.05) is 13.8 Å². The quantitative estimate of drug-likeness (QED) is 0.906. The van der Waals surface area contributed by atoms with Crippen LogP contribution < -0.4 is 5.32 Å². The molecule has 0 radical (unpaired) electrons. The zero-order chi connectivity index (χ0) is 17.9. The highest BCUT2D eigenvalue weighted by Crippen LogP contribution is 2.28. The van der Waals surface area contributed by atoms with E-state index in [4.69, 9.17) is 0 Å². The van der Waals surface area contributed by atoms with Crippen molar-refractivity contribution in [2.24, 2.45) is 0 Å². The van der Waals surface area contributed by atoms with Crippen LogP contribution in [0.5, 0.6) is 0 Å². The Morgan fingerprint density at radius 2 is 1.92 bits per heavy atom. The number of carbonyl (C=O) groups excluding carboxylic acids is 1. The van der Waals surface area contributed by atoms with Crippen LogP contribution >= 0.6 is 0 Å². The van der Waals surface area contributed by atoms with Crippen LogP contribution in [0.3, 0.4) is 0 Å². The number of pyridine rings is 1. The van der Waals surface area contributed by atoms with Crippen molar-refractivity contribution in [3.63, 3.8) is 0 Å². The van der Waals surface area contributed by atoms with Crippen molar-refractivity contribution >= 4 is 5.91 Å². The van der Waals surface area contributed by atoms with Gasteiger partial charge in [-0.05, 0) is 31.9 Å². The molecule has 2 aromatic heterocycles. The molecule has 2 aromatic rings. The Morgan fingerprint density at radius 3 is 2.42 bits per heavy atom. The fourth-order valence-electron chi connectivity index (χ4n) is 2.30. The number of aromatic nitrogens is 3. The average molecular weight is 340 g/mol. The van der Waals surface area contributed by atoms with Gasteiger partial charge in [-0.25, -0.2) is 9.67 Å². The van der Waals surface area contributed by atoms with E-state index in [9.17, 15) is 18.0 Å². The van der Waals surface area contributed by atoms with E-state index >= 15 is 0 Å². The Morgan fingerprint density at radius 1 is 1.25 bits per heavy atom. The van der Waals surface area contributed by atoms with Crippen LogP contribution in [-0.4, -0.2) is 26.7 Å². The van der Waals surface area contributed by atoms with E-state index < -0.39 is 11.7 Å². The highest BCUT2D eigenvalue weighted by Gasteiger charge is 2.30. The third-order valence-corrected chi connectivity index (χ3v) is 3.87. The molecule has 0 spiro atoms. The van der Waals surface area contributed by atoms with Crippen molar-refractivity contribution in [2.45, 2.75) is 45.8 Å². The zero-order valence-electron chi connectivity index (χ0n) is 13.7. The maximum Gasteiger partial charge on any atom is 0.417 e. The molecule has 0 saturated carbocycles. The van der Waals surface area contributed by atoms with E-state index in [-0.39, 0.29) is 17.8 Å². The molecular formula is C16H19F3N4O. The van der Waals surface area contributed by atoms with Gasteiger partial charge in [0.2, 0.25) is 0 Å². The Balaban J connectivity index is 2.25. The summed E-state index contributed by atoms with van der Waals surface area (Å²) in [5.74, 6) is -0.0264. The van der Waals surface area contributed by atoms with Gasteiger partial charge in [-0.3, -0.25) is 4.79 Å². The third-order valence-electron chi connectivity index (χ3n) is 3.87. The van der Waals surface area contributed by atoms with Gasteiger partial charge in [-0.2, -0.15) is 18.3 Å². The smallest absolute Gasteiger partial charge is 0.349 e. The van der Waals surface area contributed by atoms with Crippen molar-refractivity contribution in [3.8, 4) is 5.82 Å². The van der Waals surface area contributed by atoms with Gasteiger partial charge in [0.15, 0.2) is 5.82 Å². The maximum absolute atomic E-state index is 12.6. The van der Waals surface area contributed by atoms with Crippen molar-refractivity contribution in [1.82, 2.24) is 20.1 Å². The van der Waals surface area contributed by atoms with Crippen LogP contribution in [0.1, 0.15) is 48.3 Å². The van der Waals surface area contributed by atoms with Crippen LogP contribution in [0.4, 0.5) is 13.2 Å². The molecule has 8 heteroatoms. The van der Waals surface area contributed by atoms with Gasteiger partial charge in [0.05, 0.1) is 23.0 Å². The molecule has 1 N–H and O–H groups in total. The minimum atomic E-state index is -4.44. The molecule has 0 bridgehead atoms. The second-order valence-electron chi connectivity index (χ2n) is 5.45. The summed E-state index contributed by atoms with van der Waals surface area (Å²) in [5.41, 5.74) is 0.0667.